The third-order valence-corrected chi connectivity index (χ3v) is 3.18. The molecule has 0 N–H and O–H groups in total. The van der Waals surface area contributed by atoms with E-state index >= 15 is 0 Å². The maximum Gasteiger partial charge on any atom is 0.342 e. The molecule has 0 saturated heterocycles. The van der Waals surface area contributed by atoms with Crippen molar-refractivity contribution in [3.05, 3.63) is 33.9 Å². The predicted molar refractivity (Wildman–Crippen MR) is 82.4 cm³/mol. The lowest BCUT2D eigenvalue weighted by Crippen LogP contribution is -2.38. The van der Waals surface area contributed by atoms with E-state index in [9.17, 15) is 19.7 Å². The second-order valence-corrected chi connectivity index (χ2v) is 4.86. The van der Waals surface area contributed by atoms with E-state index in [1.807, 2.05) is 6.07 Å². The van der Waals surface area contributed by atoms with Crippen LogP contribution in [-0.2, 0) is 9.53 Å². The average molecular weight is 335 g/mol. The lowest BCUT2D eigenvalue weighted by atomic mass is 10.1. The van der Waals surface area contributed by atoms with Crippen molar-refractivity contribution in [3.8, 4) is 11.8 Å². The largest absolute Gasteiger partial charge is 0.496 e. The fraction of sp³-hybridized carbons (Fsp3) is 0.400. The van der Waals surface area contributed by atoms with Gasteiger partial charge in [-0.2, -0.15) is 5.26 Å². The molecule has 0 fully saturated rings. The number of methoxy groups -OCH3 is 1. The summed E-state index contributed by atoms with van der Waals surface area (Å²) in [4.78, 5) is 35.7. The fourth-order valence-corrected chi connectivity index (χ4v) is 1.88. The van der Waals surface area contributed by atoms with Gasteiger partial charge < -0.3 is 14.4 Å². The molecule has 1 aromatic carbocycles. The maximum absolute atomic E-state index is 12.2. The molecule has 0 unspecified atom stereocenters. The number of benzene rings is 1. The number of hydrogen-bond acceptors (Lipinski definition) is 7. The Labute approximate surface area is 138 Å². The molecular weight excluding hydrogens is 318 g/mol. The molecule has 0 aliphatic heterocycles. The zero-order valence-corrected chi connectivity index (χ0v) is 13.5. The molecular formula is C15H17N3O6. The molecule has 0 aliphatic carbocycles. The normalized spacial score (nSPS) is 11.1. The predicted octanol–water partition coefficient (Wildman–Crippen LogP) is 1.52. The van der Waals surface area contributed by atoms with Crippen LogP contribution in [0.2, 0.25) is 0 Å². The lowest BCUT2D eigenvalue weighted by Gasteiger charge is -2.20. The molecule has 0 spiro atoms. The Kier molecular flexibility index (Phi) is 6.67. The number of rotatable bonds is 7. The topological polar surface area (TPSA) is 123 Å². The smallest absolute Gasteiger partial charge is 0.342 e. The summed E-state index contributed by atoms with van der Waals surface area (Å²) in [5.74, 6) is -1.30. The van der Waals surface area contributed by atoms with Crippen LogP contribution >= 0.6 is 0 Å². The first-order valence-corrected chi connectivity index (χ1v) is 6.97. The molecule has 1 rings (SSSR count). The Morgan fingerprint density at radius 2 is 2.12 bits per heavy atom. The first-order chi connectivity index (χ1) is 11.3. The van der Waals surface area contributed by atoms with Crippen molar-refractivity contribution >= 4 is 17.6 Å². The van der Waals surface area contributed by atoms with E-state index in [1.54, 1.807) is 0 Å². The highest BCUT2D eigenvalue weighted by atomic mass is 16.6. The quantitative estimate of drug-likeness (QED) is 0.420. The summed E-state index contributed by atoms with van der Waals surface area (Å²) < 4.78 is 10.0. The Bertz CT molecular complexity index is 682. The number of non-ortho nitro benzene ring substituents is 1. The van der Waals surface area contributed by atoms with E-state index in [0.29, 0.717) is 0 Å². The van der Waals surface area contributed by atoms with Crippen LogP contribution in [0.15, 0.2) is 18.2 Å². The molecule has 128 valence electrons. The number of amides is 1. The van der Waals surface area contributed by atoms with Crippen LogP contribution in [0.5, 0.6) is 5.75 Å². The molecule has 9 nitrogen and oxygen atoms in total. The molecule has 0 radical (unpaired) electrons. The number of nitrogens with zero attached hydrogens (tertiary/aromatic N) is 3. The van der Waals surface area contributed by atoms with Gasteiger partial charge in [0.15, 0.2) is 6.10 Å². The van der Waals surface area contributed by atoms with Crippen molar-refractivity contribution in [1.82, 2.24) is 4.90 Å². The maximum atomic E-state index is 12.2. The fourth-order valence-electron chi connectivity index (χ4n) is 1.88. The molecule has 1 aromatic rings. The number of carbonyl (C=O) groups excluding carboxylic acids is 2. The van der Waals surface area contributed by atoms with Gasteiger partial charge in [0, 0.05) is 25.7 Å². The van der Waals surface area contributed by atoms with Gasteiger partial charge in [0.05, 0.1) is 24.5 Å². The van der Waals surface area contributed by atoms with Gasteiger partial charge in [-0.1, -0.05) is 0 Å². The van der Waals surface area contributed by atoms with Gasteiger partial charge in [0.1, 0.15) is 11.3 Å². The van der Waals surface area contributed by atoms with Gasteiger partial charge in [-0.15, -0.1) is 0 Å². The van der Waals surface area contributed by atoms with E-state index < -0.39 is 22.9 Å². The SMILES string of the molecule is COc1ccc([N+](=O)[O-])cc1C(=O)O[C@@H](C)C(=O)N(C)CCC#N. The second-order valence-electron chi connectivity index (χ2n) is 4.86. The van der Waals surface area contributed by atoms with Gasteiger partial charge >= 0.3 is 5.97 Å². The summed E-state index contributed by atoms with van der Waals surface area (Å²) in [5, 5.41) is 19.3. The summed E-state index contributed by atoms with van der Waals surface area (Å²) in [7, 11) is 2.79. The first kappa shape index (κ1) is 18.9. The molecule has 0 aromatic heterocycles. The van der Waals surface area contributed by atoms with Crippen LogP contribution in [0.4, 0.5) is 5.69 Å². The highest BCUT2D eigenvalue weighted by Crippen LogP contribution is 2.25. The first-order valence-electron chi connectivity index (χ1n) is 6.97. The minimum Gasteiger partial charge on any atom is -0.496 e. The minimum absolute atomic E-state index is 0.100. The molecule has 0 heterocycles. The Balaban J connectivity index is 2.91. The zero-order chi connectivity index (χ0) is 18.3. The van der Waals surface area contributed by atoms with E-state index in [4.69, 9.17) is 14.7 Å². The summed E-state index contributed by atoms with van der Waals surface area (Å²) in [5.41, 5.74) is -0.445. The summed E-state index contributed by atoms with van der Waals surface area (Å²) in [6, 6.07) is 5.41. The van der Waals surface area contributed by atoms with E-state index in [2.05, 4.69) is 0 Å². The van der Waals surface area contributed by atoms with Crippen molar-refractivity contribution in [2.45, 2.75) is 19.4 Å². The number of carbonyl (C=O) groups is 2. The van der Waals surface area contributed by atoms with Crippen LogP contribution in [0, 0.1) is 21.4 Å². The second kappa shape index (κ2) is 8.47. The average Bonchev–Trinajstić information content (AvgIpc) is 2.57. The van der Waals surface area contributed by atoms with E-state index in [1.165, 1.54) is 38.1 Å². The summed E-state index contributed by atoms with van der Waals surface area (Å²) >= 11 is 0. The number of nitro groups is 1. The monoisotopic (exact) mass is 335 g/mol. The lowest BCUT2D eigenvalue weighted by molar-refractivity contribution is -0.384. The van der Waals surface area contributed by atoms with Crippen LogP contribution in [0.25, 0.3) is 0 Å². The van der Waals surface area contributed by atoms with E-state index in [-0.39, 0.29) is 30.0 Å². The molecule has 0 aliphatic rings. The molecule has 1 atom stereocenters. The summed E-state index contributed by atoms with van der Waals surface area (Å²) in [6.45, 7) is 1.59. The van der Waals surface area contributed by atoms with Crippen LogP contribution in [0.3, 0.4) is 0 Å². The minimum atomic E-state index is -1.11. The highest BCUT2D eigenvalue weighted by Gasteiger charge is 2.25. The number of esters is 1. The van der Waals surface area contributed by atoms with Gasteiger partial charge in [-0.25, -0.2) is 4.79 Å². The number of nitro benzene ring substituents is 1. The number of nitriles is 1. The van der Waals surface area contributed by atoms with Crippen LogP contribution < -0.4 is 4.74 Å². The molecule has 9 heteroatoms. The van der Waals surface area contributed by atoms with Crippen LogP contribution in [-0.4, -0.2) is 48.5 Å². The van der Waals surface area contributed by atoms with Crippen molar-refractivity contribution in [2.24, 2.45) is 0 Å². The van der Waals surface area contributed by atoms with Crippen molar-refractivity contribution < 1.29 is 24.0 Å². The number of ether oxygens (including phenoxy) is 2. The Hall–Kier alpha value is -3.15. The van der Waals surface area contributed by atoms with Crippen LogP contribution in [0.1, 0.15) is 23.7 Å². The molecule has 0 saturated carbocycles. The third-order valence-electron chi connectivity index (χ3n) is 3.18. The Morgan fingerprint density at radius 1 is 1.46 bits per heavy atom. The molecule has 1 amide bonds. The van der Waals surface area contributed by atoms with Crippen molar-refractivity contribution in [2.75, 3.05) is 20.7 Å². The number of hydrogen-bond donors (Lipinski definition) is 0. The molecule has 0 bridgehead atoms. The number of likely N-dealkylation sites (N-methyl/N-ethyl adjacent to an activating group) is 1. The van der Waals surface area contributed by atoms with Gasteiger partial charge in [0.2, 0.25) is 0 Å². The van der Waals surface area contributed by atoms with Crippen molar-refractivity contribution in [1.29, 1.82) is 5.26 Å². The van der Waals surface area contributed by atoms with Gasteiger partial charge in [-0.3, -0.25) is 14.9 Å². The van der Waals surface area contributed by atoms with E-state index in [0.717, 1.165) is 6.07 Å². The zero-order valence-electron chi connectivity index (χ0n) is 13.5. The van der Waals surface area contributed by atoms with Gasteiger partial charge in [-0.05, 0) is 13.0 Å². The summed E-state index contributed by atoms with van der Waals surface area (Å²) in [6.07, 6.45) is -0.952. The van der Waals surface area contributed by atoms with Crippen molar-refractivity contribution in [3.63, 3.8) is 0 Å². The molecule has 24 heavy (non-hydrogen) atoms. The highest BCUT2D eigenvalue weighted by molar-refractivity contribution is 5.95. The Morgan fingerprint density at radius 3 is 2.67 bits per heavy atom. The standard InChI is InChI=1S/C15H17N3O6/c1-10(14(19)17(2)8-4-7-16)24-15(20)12-9-11(18(21)22)5-6-13(12)23-3/h5-6,9-10H,4,8H2,1-3H3/t10-/m0/s1. The third kappa shape index (κ3) is 4.67. The van der Waals surface area contributed by atoms with Gasteiger partial charge in [0.25, 0.3) is 11.6 Å².